The Bertz CT molecular complexity index is 1270. The van der Waals surface area contributed by atoms with Gasteiger partial charge in [-0.15, -0.1) is 0 Å². The summed E-state index contributed by atoms with van der Waals surface area (Å²) < 4.78 is 34.7. The molecule has 3 N–H and O–H groups in total. The number of hydrogen-bond acceptors (Lipinski definition) is 7. The van der Waals surface area contributed by atoms with Crippen molar-refractivity contribution in [1.82, 2.24) is 19.7 Å². The molecule has 0 radical (unpaired) electrons. The summed E-state index contributed by atoms with van der Waals surface area (Å²) in [6.45, 7) is 4.42. The van der Waals surface area contributed by atoms with Crippen molar-refractivity contribution in [1.29, 1.82) is 0 Å². The van der Waals surface area contributed by atoms with E-state index < -0.39 is 24.1 Å². The maximum atomic E-state index is 13.8. The average molecular weight is 543 g/mol. The number of aliphatic hydroxyl groups excluding tert-OH is 1. The maximum absolute atomic E-state index is 13.8. The van der Waals surface area contributed by atoms with Crippen molar-refractivity contribution in [2.24, 2.45) is 11.8 Å². The minimum absolute atomic E-state index is 0.0213. The van der Waals surface area contributed by atoms with Gasteiger partial charge < -0.3 is 20.2 Å². The summed E-state index contributed by atoms with van der Waals surface area (Å²) in [5.74, 6) is 1.34. The average Bonchev–Trinajstić information content (AvgIpc) is 3.59. The molecule has 2 aliphatic carbocycles. The molecule has 2 fully saturated rings. The lowest BCUT2D eigenvalue weighted by Crippen LogP contribution is -2.36. The molecule has 3 aromatic rings. The van der Waals surface area contributed by atoms with Crippen LogP contribution in [0.1, 0.15) is 93.9 Å². The Hall–Kier alpha value is -3.34. The number of aromatic nitrogens is 4. The monoisotopic (exact) mass is 542 g/mol. The van der Waals surface area contributed by atoms with Crippen molar-refractivity contribution in [3.63, 3.8) is 0 Å². The minimum Gasteiger partial charge on any atom is -0.444 e. The number of anilines is 2. The number of aliphatic hydroxyl groups is 1. The molecule has 9 nitrogen and oxygen atoms in total. The second-order valence-corrected chi connectivity index (χ2v) is 11.0. The minimum atomic E-state index is -2.83. The van der Waals surface area contributed by atoms with Crippen molar-refractivity contribution in [3.8, 4) is 11.5 Å². The fraction of sp³-hybridized carbons (Fsp3) is 0.571. The molecule has 2 aliphatic rings. The topological polar surface area (TPSA) is 118 Å². The van der Waals surface area contributed by atoms with Gasteiger partial charge in [-0.2, -0.15) is 5.10 Å². The number of carbonyl (C=O) groups excluding carboxylic acids is 1. The van der Waals surface area contributed by atoms with Crippen LogP contribution < -0.4 is 10.6 Å². The summed E-state index contributed by atoms with van der Waals surface area (Å²) in [6, 6.07) is 3.39. The third-order valence-electron chi connectivity index (χ3n) is 8.08. The zero-order valence-corrected chi connectivity index (χ0v) is 22.3. The summed E-state index contributed by atoms with van der Waals surface area (Å²) in [5, 5.41) is 20.2. The van der Waals surface area contributed by atoms with Crippen LogP contribution in [0.15, 0.2) is 35.2 Å². The van der Waals surface area contributed by atoms with Crippen molar-refractivity contribution in [3.05, 3.63) is 42.2 Å². The standard InChI is InChI=1S/C28H36F2N6O3/c1-16(2)17-7-9-19(10-8-17)36-14-21(25(35-36)26(29)30)33-27(38)22-15-39-28(34-22)18-11-12-31-24(13-18)32-20-5-3-4-6-23(20)37/h11-17,19-20,23,26,37H,3-10H2,1-2H3,(H,31,32)(H,33,38)/t17?,19?,20-,23?/m1/s1. The molecular formula is C28H36F2N6O3. The molecule has 1 amide bonds. The number of halogens is 2. The highest BCUT2D eigenvalue weighted by atomic mass is 19.3. The lowest BCUT2D eigenvalue weighted by molar-refractivity contribution is 0.102. The molecule has 1 unspecified atom stereocenters. The molecule has 39 heavy (non-hydrogen) atoms. The highest BCUT2D eigenvalue weighted by Gasteiger charge is 2.28. The number of carbonyl (C=O) groups is 1. The summed E-state index contributed by atoms with van der Waals surface area (Å²) in [5.41, 5.74) is 0.0825. The Morgan fingerprint density at radius 2 is 1.92 bits per heavy atom. The fourth-order valence-electron chi connectivity index (χ4n) is 5.69. The molecule has 5 rings (SSSR count). The quantitative estimate of drug-likeness (QED) is 0.309. The molecule has 2 atom stereocenters. The van der Waals surface area contributed by atoms with Gasteiger partial charge in [0.25, 0.3) is 12.3 Å². The number of alkyl halides is 2. The normalized spacial score (nSPS) is 23.8. The first kappa shape index (κ1) is 27.2. The largest absolute Gasteiger partial charge is 0.444 e. The van der Waals surface area contributed by atoms with Gasteiger partial charge in [0.2, 0.25) is 5.89 Å². The third kappa shape index (κ3) is 6.29. The molecule has 11 heteroatoms. The molecule has 0 bridgehead atoms. The molecule has 0 aliphatic heterocycles. The van der Waals surface area contributed by atoms with Crippen LogP contribution in [-0.4, -0.2) is 42.9 Å². The molecule has 2 saturated carbocycles. The zero-order chi connectivity index (χ0) is 27.5. The molecule has 0 saturated heterocycles. The van der Waals surface area contributed by atoms with Gasteiger partial charge in [-0.1, -0.05) is 26.7 Å². The van der Waals surface area contributed by atoms with Crippen molar-refractivity contribution < 1.29 is 23.1 Å². The predicted molar refractivity (Wildman–Crippen MR) is 143 cm³/mol. The predicted octanol–water partition coefficient (Wildman–Crippen LogP) is 6.23. The molecule has 0 aromatic carbocycles. The van der Waals surface area contributed by atoms with E-state index in [1.807, 2.05) is 0 Å². The van der Waals surface area contributed by atoms with E-state index in [0.29, 0.717) is 23.2 Å². The second kappa shape index (κ2) is 11.8. The van der Waals surface area contributed by atoms with Gasteiger partial charge in [-0.25, -0.2) is 18.7 Å². The summed E-state index contributed by atoms with van der Waals surface area (Å²) >= 11 is 0. The summed E-state index contributed by atoms with van der Waals surface area (Å²) in [4.78, 5) is 21.5. The van der Waals surface area contributed by atoms with E-state index >= 15 is 0 Å². The third-order valence-corrected chi connectivity index (χ3v) is 8.08. The van der Waals surface area contributed by atoms with Crippen molar-refractivity contribution >= 4 is 17.4 Å². The Balaban J connectivity index is 1.27. The fourth-order valence-corrected chi connectivity index (χ4v) is 5.69. The molecule has 0 spiro atoms. The van der Waals surface area contributed by atoms with E-state index in [2.05, 4.69) is 39.5 Å². The van der Waals surface area contributed by atoms with E-state index in [1.165, 1.54) is 12.5 Å². The maximum Gasteiger partial charge on any atom is 0.284 e. The van der Waals surface area contributed by atoms with E-state index in [1.54, 1.807) is 23.0 Å². The second-order valence-electron chi connectivity index (χ2n) is 11.0. The van der Waals surface area contributed by atoms with Gasteiger partial charge in [0.15, 0.2) is 11.4 Å². The van der Waals surface area contributed by atoms with Gasteiger partial charge >= 0.3 is 0 Å². The Morgan fingerprint density at radius 3 is 2.64 bits per heavy atom. The first-order valence-corrected chi connectivity index (χ1v) is 13.8. The smallest absolute Gasteiger partial charge is 0.284 e. The van der Waals surface area contributed by atoms with Gasteiger partial charge in [0.1, 0.15) is 12.1 Å². The highest BCUT2D eigenvalue weighted by molar-refractivity contribution is 6.03. The van der Waals surface area contributed by atoms with Crippen LogP contribution in [-0.2, 0) is 0 Å². The van der Waals surface area contributed by atoms with Crippen LogP contribution in [0, 0.1) is 11.8 Å². The van der Waals surface area contributed by atoms with Gasteiger partial charge in [-0.3, -0.25) is 9.48 Å². The first-order valence-electron chi connectivity index (χ1n) is 13.8. The number of pyridine rings is 1. The van der Waals surface area contributed by atoms with Crippen LogP contribution in [0.4, 0.5) is 20.3 Å². The molecular weight excluding hydrogens is 506 g/mol. The number of amides is 1. The van der Waals surface area contributed by atoms with Crippen LogP contribution >= 0.6 is 0 Å². The number of hydrogen-bond donors (Lipinski definition) is 3. The molecule has 3 heterocycles. The number of rotatable bonds is 8. The van der Waals surface area contributed by atoms with Gasteiger partial charge in [0, 0.05) is 18.0 Å². The van der Waals surface area contributed by atoms with Crippen LogP contribution in [0.3, 0.4) is 0 Å². The van der Waals surface area contributed by atoms with Gasteiger partial charge in [-0.05, 0) is 62.5 Å². The highest BCUT2D eigenvalue weighted by Crippen LogP contribution is 2.37. The Morgan fingerprint density at radius 1 is 1.15 bits per heavy atom. The summed E-state index contributed by atoms with van der Waals surface area (Å²) in [7, 11) is 0. The lowest BCUT2D eigenvalue weighted by atomic mass is 9.80. The van der Waals surface area contributed by atoms with E-state index in [9.17, 15) is 18.7 Å². The van der Waals surface area contributed by atoms with E-state index in [4.69, 9.17) is 4.42 Å². The lowest BCUT2D eigenvalue weighted by Gasteiger charge is -2.30. The van der Waals surface area contributed by atoms with Crippen molar-refractivity contribution in [2.75, 3.05) is 10.6 Å². The Labute approximate surface area is 226 Å². The molecule has 3 aromatic heterocycles. The van der Waals surface area contributed by atoms with Crippen LogP contribution in [0.2, 0.25) is 0 Å². The summed E-state index contributed by atoms with van der Waals surface area (Å²) in [6.07, 6.45) is 8.49. The van der Waals surface area contributed by atoms with E-state index in [0.717, 1.165) is 51.4 Å². The zero-order valence-electron chi connectivity index (χ0n) is 22.3. The Kier molecular flexibility index (Phi) is 8.25. The molecule has 210 valence electrons. The van der Waals surface area contributed by atoms with Crippen molar-refractivity contribution in [2.45, 2.75) is 89.8 Å². The van der Waals surface area contributed by atoms with Crippen LogP contribution in [0.5, 0.6) is 0 Å². The number of nitrogens with zero attached hydrogens (tertiary/aromatic N) is 4. The number of nitrogens with one attached hydrogen (secondary N) is 2. The first-order chi connectivity index (χ1) is 18.8. The SMILES string of the molecule is CC(C)C1CCC(n2cc(NC(=O)c3coc(-c4ccnc(N[C@@H]5CCCCC5O)c4)n3)c(C(F)F)n2)CC1. The van der Waals surface area contributed by atoms with E-state index in [-0.39, 0.29) is 29.4 Å². The van der Waals surface area contributed by atoms with Gasteiger partial charge in [0.05, 0.1) is 23.9 Å². The number of oxazole rings is 1. The van der Waals surface area contributed by atoms with Crippen LogP contribution in [0.25, 0.3) is 11.5 Å².